The molecule has 1 atom stereocenters. The lowest BCUT2D eigenvalue weighted by Gasteiger charge is -2.17. The number of carbonyl (C=O) groups is 1. The predicted molar refractivity (Wildman–Crippen MR) is 153 cm³/mol. The molecule has 2 heterocycles. The highest BCUT2D eigenvalue weighted by Gasteiger charge is 2.23. The summed E-state index contributed by atoms with van der Waals surface area (Å²) in [5.74, 6) is -0.495. The summed E-state index contributed by atoms with van der Waals surface area (Å²) in [5, 5.41) is 0.171. The van der Waals surface area contributed by atoms with Gasteiger partial charge in [-0.1, -0.05) is 6.07 Å². The Morgan fingerprint density at radius 3 is 2.54 bits per heavy atom. The third kappa shape index (κ3) is 6.93. The summed E-state index contributed by atoms with van der Waals surface area (Å²) in [4.78, 5) is 16.3. The van der Waals surface area contributed by atoms with Gasteiger partial charge in [0.2, 0.25) is 0 Å². The van der Waals surface area contributed by atoms with E-state index in [-0.39, 0.29) is 59.6 Å². The van der Waals surface area contributed by atoms with Gasteiger partial charge in [0.1, 0.15) is 29.5 Å². The first-order valence-corrected chi connectivity index (χ1v) is 14.5. The Balaban J connectivity index is 1.68. The molecule has 0 saturated carbocycles. The van der Waals surface area contributed by atoms with Gasteiger partial charge in [0.05, 0.1) is 37.5 Å². The average Bonchev–Trinajstić information content (AvgIpc) is 3.43. The number of aryl methyl sites for hydroxylation is 1. The van der Waals surface area contributed by atoms with E-state index < -0.39 is 33.2 Å². The van der Waals surface area contributed by atoms with Crippen LogP contribution in [0.5, 0.6) is 11.5 Å². The molecule has 2 aromatic heterocycles. The standard InChI is InChI=1S/C31H33F2NO6S/c1-6-38-27(35)16-19-7-8-21(37-5)17-26(19)40-18-20-15-24(30-23(28(20)32)10-13-39-30)22-9-12-34-25(29(22)33)11-14-41(36)31(2,3)4/h7-10,12-13,15,17H,6,11,14,16,18H2,1-5H3/t41-/m0/s1. The van der Waals surface area contributed by atoms with E-state index in [9.17, 15) is 9.00 Å². The van der Waals surface area contributed by atoms with E-state index in [1.165, 1.54) is 37.8 Å². The molecule has 218 valence electrons. The number of hydrogen-bond acceptors (Lipinski definition) is 7. The van der Waals surface area contributed by atoms with Crippen molar-refractivity contribution >= 4 is 27.7 Å². The molecule has 0 aliphatic heterocycles. The molecule has 0 amide bonds. The van der Waals surface area contributed by atoms with Gasteiger partial charge >= 0.3 is 5.97 Å². The number of esters is 1. The third-order valence-electron chi connectivity index (χ3n) is 6.50. The molecule has 2 aromatic carbocycles. The molecule has 0 aliphatic carbocycles. The molecule has 4 aromatic rings. The number of pyridine rings is 1. The van der Waals surface area contributed by atoms with E-state index >= 15 is 8.78 Å². The zero-order valence-electron chi connectivity index (χ0n) is 23.7. The molecular weight excluding hydrogens is 552 g/mol. The molecule has 0 bridgehead atoms. The topological polar surface area (TPSA) is 87.9 Å². The first kappa shape index (κ1) is 30.2. The molecule has 0 fully saturated rings. The van der Waals surface area contributed by atoms with Gasteiger partial charge in [-0.25, -0.2) is 8.78 Å². The number of aromatic nitrogens is 1. The van der Waals surface area contributed by atoms with Crippen molar-refractivity contribution < 1.29 is 36.4 Å². The van der Waals surface area contributed by atoms with Crippen LogP contribution in [0.25, 0.3) is 22.1 Å². The second-order valence-corrected chi connectivity index (χ2v) is 12.7. The lowest BCUT2D eigenvalue weighted by atomic mass is 9.99. The van der Waals surface area contributed by atoms with Crippen LogP contribution in [0.15, 0.2) is 53.3 Å². The zero-order valence-corrected chi connectivity index (χ0v) is 24.5. The van der Waals surface area contributed by atoms with Crippen molar-refractivity contribution in [3.8, 4) is 22.6 Å². The van der Waals surface area contributed by atoms with Gasteiger partial charge in [0.15, 0.2) is 5.82 Å². The monoisotopic (exact) mass is 585 g/mol. The van der Waals surface area contributed by atoms with E-state index in [2.05, 4.69) is 4.98 Å². The molecule has 4 rings (SSSR count). The van der Waals surface area contributed by atoms with E-state index in [1.807, 2.05) is 20.8 Å². The average molecular weight is 586 g/mol. The first-order valence-electron chi connectivity index (χ1n) is 13.2. The maximum atomic E-state index is 15.8. The smallest absolute Gasteiger partial charge is 0.310 e. The summed E-state index contributed by atoms with van der Waals surface area (Å²) >= 11 is 0. The van der Waals surface area contributed by atoms with Crippen molar-refractivity contribution in [1.29, 1.82) is 0 Å². The summed E-state index contributed by atoms with van der Waals surface area (Å²) in [5.41, 5.74) is 1.58. The number of carbonyl (C=O) groups excluding carboxylic acids is 1. The molecule has 10 heteroatoms. The van der Waals surface area contributed by atoms with Crippen molar-refractivity contribution in [3.05, 3.63) is 77.3 Å². The Morgan fingerprint density at radius 1 is 1.05 bits per heavy atom. The largest absolute Gasteiger partial charge is 0.497 e. The lowest BCUT2D eigenvalue weighted by molar-refractivity contribution is -0.142. The van der Waals surface area contributed by atoms with Crippen molar-refractivity contribution in [1.82, 2.24) is 4.98 Å². The van der Waals surface area contributed by atoms with E-state index in [0.717, 1.165) is 0 Å². The third-order valence-corrected chi connectivity index (χ3v) is 8.44. The number of methoxy groups -OCH3 is 1. The Morgan fingerprint density at radius 2 is 1.83 bits per heavy atom. The quantitative estimate of drug-likeness (QED) is 0.184. The van der Waals surface area contributed by atoms with Crippen LogP contribution < -0.4 is 9.47 Å². The van der Waals surface area contributed by atoms with Crippen LogP contribution in [-0.2, 0) is 39.8 Å². The predicted octanol–water partition coefficient (Wildman–Crippen LogP) is 6.56. The van der Waals surface area contributed by atoms with E-state index in [0.29, 0.717) is 22.6 Å². The van der Waals surface area contributed by atoms with Gasteiger partial charge in [-0.15, -0.1) is 0 Å². The second-order valence-electron chi connectivity index (χ2n) is 10.3. The summed E-state index contributed by atoms with van der Waals surface area (Å²) in [6.07, 6.45) is 2.96. The highest BCUT2D eigenvalue weighted by atomic mass is 32.2. The van der Waals surface area contributed by atoms with Gasteiger partial charge in [-0.05, 0) is 52.0 Å². The maximum Gasteiger partial charge on any atom is 0.310 e. The molecule has 0 spiro atoms. The number of rotatable bonds is 11. The zero-order chi connectivity index (χ0) is 29.7. The molecule has 41 heavy (non-hydrogen) atoms. The summed E-state index contributed by atoms with van der Waals surface area (Å²) in [6.45, 7) is 7.34. The normalized spacial score (nSPS) is 12.4. The minimum atomic E-state index is -1.18. The Hall–Kier alpha value is -3.79. The molecule has 0 radical (unpaired) electrons. The van der Waals surface area contributed by atoms with Gasteiger partial charge in [0, 0.05) is 62.2 Å². The van der Waals surface area contributed by atoms with Crippen molar-refractivity contribution in [2.45, 2.75) is 51.9 Å². The van der Waals surface area contributed by atoms with E-state index in [1.54, 1.807) is 25.1 Å². The number of hydrogen-bond donors (Lipinski definition) is 0. The fourth-order valence-electron chi connectivity index (χ4n) is 4.30. The van der Waals surface area contributed by atoms with Gasteiger partial charge in [-0.2, -0.15) is 0 Å². The van der Waals surface area contributed by atoms with Crippen LogP contribution in [0.3, 0.4) is 0 Å². The van der Waals surface area contributed by atoms with Crippen molar-refractivity contribution in [2.24, 2.45) is 0 Å². The number of ether oxygens (including phenoxy) is 3. The molecule has 0 saturated heterocycles. The van der Waals surface area contributed by atoms with Gasteiger partial charge in [0.25, 0.3) is 0 Å². The second kappa shape index (κ2) is 12.8. The molecule has 0 aliphatic rings. The number of benzene rings is 2. The fraction of sp³-hybridized carbons (Fsp3) is 0.355. The van der Waals surface area contributed by atoms with Crippen LogP contribution in [0, 0.1) is 11.6 Å². The number of halogens is 2. The van der Waals surface area contributed by atoms with Crippen LogP contribution in [0.2, 0.25) is 0 Å². The number of fused-ring (bicyclic) bond motifs is 1. The van der Waals surface area contributed by atoms with Crippen molar-refractivity contribution in [2.75, 3.05) is 19.5 Å². The van der Waals surface area contributed by atoms with E-state index in [4.69, 9.17) is 18.6 Å². The van der Waals surface area contributed by atoms with Gasteiger partial charge in [-0.3, -0.25) is 14.0 Å². The number of nitrogens with zero attached hydrogens (tertiary/aromatic N) is 1. The Bertz CT molecular complexity index is 1580. The minimum Gasteiger partial charge on any atom is -0.497 e. The Labute approximate surface area is 240 Å². The first-order chi connectivity index (χ1) is 19.5. The number of furan rings is 1. The minimum absolute atomic E-state index is 0.0350. The maximum absolute atomic E-state index is 15.8. The van der Waals surface area contributed by atoms with Crippen LogP contribution >= 0.6 is 0 Å². The summed E-state index contributed by atoms with van der Waals surface area (Å²) < 4.78 is 65.3. The van der Waals surface area contributed by atoms with Crippen molar-refractivity contribution in [3.63, 3.8) is 0 Å². The molecule has 0 N–H and O–H groups in total. The summed E-state index contributed by atoms with van der Waals surface area (Å²) in [6, 6.07) is 9.45. The van der Waals surface area contributed by atoms with Crippen LogP contribution in [0.4, 0.5) is 8.78 Å². The van der Waals surface area contributed by atoms with Crippen LogP contribution in [-0.4, -0.2) is 39.4 Å². The highest BCUT2D eigenvalue weighted by molar-refractivity contribution is 7.86. The lowest BCUT2D eigenvalue weighted by Crippen LogP contribution is -2.25. The molecular formula is C31H33F2NO6S. The Kier molecular flexibility index (Phi) is 9.42. The molecule has 0 unspecified atom stereocenters. The summed E-state index contributed by atoms with van der Waals surface area (Å²) in [7, 11) is 0.321. The SMILES string of the molecule is CCOC(=O)Cc1ccc(OC)cc1OCc1cc(-c2ccnc(CC[S@](=O)C(C)(C)C)c2F)c2occc2c1F. The van der Waals surface area contributed by atoms with Crippen LogP contribution in [0.1, 0.15) is 44.5 Å². The fourth-order valence-corrected chi connectivity index (χ4v) is 5.29. The van der Waals surface area contributed by atoms with Gasteiger partial charge < -0.3 is 18.6 Å². The highest BCUT2D eigenvalue weighted by Crippen LogP contribution is 2.36. The molecule has 7 nitrogen and oxygen atoms in total.